The van der Waals surface area contributed by atoms with Crippen LogP contribution in [0.4, 0.5) is 0 Å². The van der Waals surface area contributed by atoms with Crippen LogP contribution in [-0.2, 0) is 4.74 Å². The van der Waals surface area contributed by atoms with E-state index in [-0.39, 0.29) is 17.6 Å². The third-order valence-electron chi connectivity index (χ3n) is 3.99. The molecule has 5 heteroatoms. The number of carbonyl (C=O) groups is 1. The fourth-order valence-corrected chi connectivity index (χ4v) is 2.79. The van der Waals surface area contributed by atoms with Gasteiger partial charge in [-0.2, -0.15) is 0 Å². The summed E-state index contributed by atoms with van der Waals surface area (Å²) in [6.45, 7) is 5.31. The topological polar surface area (TPSA) is 44.8 Å². The minimum absolute atomic E-state index is 0.0509. The average molecular weight is 413 g/mol. The Morgan fingerprint density at radius 1 is 1.16 bits per heavy atom. The number of benzene rings is 1. The Morgan fingerprint density at radius 3 is 2.52 bits per heavy atom. The van der Waals surface area contributed by atoms with Gasteiger partial charge in [-0.3, -0.25) is 4.79 Å². The maximum absolute atomic E-state index is 12.9. The molecular formula is C20H29BrO4. The van der Waals surface area contributed by atoms with Crippen molar-refractivity contribution in [3.05, 3.63) is 35.9 Å². The van der Waals surface area contributed by atoms with Crippen molar-refractivity contribution >= 4 is 21.7 Å². The van der Waals surface area contributed by atoms with E-state index >= 15 is 0 Å². The second-order valence-electron chi connectivity index (χ2n) is 6.14. The summed E-state index contributed by atoms with van der Waals surface area (Å²) < 4.78 is 16.2. The van der Waals surface area contributed by atoms with Gasteiger partial charge in [-0.1, -0.05) is 41.9 Å². The Hall–Kier alpha value is -1.33. The number of ketones is 1. The van der Waals surface area contributed by atoms with Crippen molar-refractivity contribution < 1.29 is 19.0 Å². The van der Waals surface area contributed by atoms with E-state index in [2.05, 4.69) is 35.9 Å². The van der Waals surface area contributed by atoms with E-state index in [4.69, 9.17) is 14.2 Å². The summed E-state index contributed by atoms with van der Waals surface area (Å²) in [5.41, 5.74) is 0.661. The van der Waals surface area contributed by atoms with Gasteiger partial charge in [-0.15, -0.1) is 0 Å². The first kappa shape index (κ1) is 21.7. The van der Waals surface area contributed by atoms with Gasteiger partial charge >= 0.3 is 0 Å². The molecule has 1 aromatic carbocycles. The molecule has 0 aliphatic carbocycles. The number of rotatable bonds is 12. The molecule has 1 aromatic rings. The van der Waals surface area contributed by atoms with E-state index in [9.17, 15) is 4.79 Å². The summed E-state index contributed by atoms with van der Waals surface area (Å²) >= 11 is 3.37. The van der Waals surface area contributed by atoms with Crippen LogP contribution in [0.1, 0.15) is 37.0 Å². The molecule has 0 N–H and O–H groups in total. The zero-order valence-electron chi connectivity index (χ0n) is 15.6. The van der Waals surface area contributed by atoms with Gasteiger partial charge in [0, 0.05) is 36.9 Å². The van der Waals surface area contributed by atoms with Crippen LogP contribution in [-0.4, -0.2) is 38.5 Å². The second kappa shape index (κ2) is 12.1. The molecule has 140 valence electrons. The molecule has 0 unspecified atom stereocenters. The van der Waals surface area contributed by atoms with Crippen LogP contribution in [0.15, 0.2) is 30.4 Å². The van der Waals surface area contributed by atoms with Crippen LogP contribution in [0, 0.1) is 11.8 Å². The molecule has 1 atom stereocenters. The van der Waals surface area contributed by atoms with Crippen LogP contribution in [0.25, 0.3) is 0 Å². The predicted octanol–water partition coefficient (Wildman–Crippen LogP) is 4.91. The minimum Gasteiger partial charge on any atom is -0.493 e. The van der Waals surface area contributed by atoms with Gasteiger partial charge in [0.15, 0.2) is 17.3 Å². The third-order valence-corrected chi connectivity index (χ3v) is 4.36. The first-order valence-electron chi connectivity index (χ1n) is 8.60. The highest BCUT2D eigenvalue weighted by Gasteiger charge is 2.23. The SMILES string of the molecule is COCCCOc1cc(C(=O)[C@@H](CC=CCBr)C(C)C)ccc1OC. The Balaban J connectivity index is 2.93. The molecule has 0 aromatic heterocycles. The van der Waals surface area contributed by atoms with Crippen molar-refractivity contribution in [3.63, 3.8) is 0 Å². The Morgan fingerprint density at radius 2 is 1.92 bits per heavy atom. The molecule has 0 aliphatic rings. The number of ether oxygens (including phenoxy) is 3. The molecule has 0 saturated heterocycles. The maximum Gasteiger partial charge on any atom is 0.166 e. The van der Waals surface area contributed by atoms with Crippen LogP contribution < -0.4 is 9.47 Å². The molecule has 0 bridgehead atoms. The predicted molar refractivity (Wildman–Crippen MR) is 105 cm³/mol. The van der Waals surface area contributed by atoms with Gasteiger partial charge in [0.25, 0.3) is 0 Å². The van der Waals surface area contributed by atoms with Crippen molar-refractivity contribution in [2.45, 2.75) is 26.7 Å². The van der Waals surface area contributed by atoms with E-state index in [1.165, 1.54) is 0 Å². The van der Waals surface area contributed by atoms with Gasteiger partial charge in [0.05, 0.1) is 13.7 Å². The molecule has 0 aliphatic heterocycles. The summed E-state index contributed by atoms with van der Waals surface area (Å²) in [5, 5.41) is 0.800. The monoisotopic (exact) mass is 412 g/mol. The Bertz CT molecular complexity index is 555. The number of Topliss-reactive ketones (excluding diaryl/α,β-unsaturated/α-hetero) is 1. The zero-order valence-corrected chi connectivity index (χ0v) is 17.2. The number of methoxy groups -OCH3 is 2. The lowest BCUT2D eigenvalue weighted by atomic mass is 9.85. The fraction of sp³-hybridized carbons (Fsp3) is 0.550. The lowest BCUT2D eigenvalue weighted by molar-refractivity contribution is 0.0886. The standard InChI is InChI=1S/C20H29BrO4/c1-15(2)17(8-5-6-11-21)20(22)16-9-10-18(24-4)19(14-16)25-13-7-12-23-3/h5-6,9-10,14-15,17H,7-8,11-13H2,1-4H3/t17-/m0/s1. The van der Waals surface area contributed by atoms with Crippen molar-refractivity contribution in [2.24, 2.45) is 11.8 Å². The first-order chi connectivity index (χ1) is 12.0. The zero-order chi connectivity index (χ0) is 18.7. The Kier molecular flexibility index (Phi) is 10.5. The molecule has 0 radical (unpaired) electrons. The van der Waals surface area contributed by atoms with E-state index in [1.54, 1.807) is 26.4 Å². The lowest BCUT2D eigenvalue weighted by Gasteiger charge is -2.19. The number of halogens is 1. The molecule has 4 nitrogen and oxygen atoms in total. The molecule has 0 amide bonds. The number of alkyl halides is 1. The number of allylic oxidation sites excluding steroid dienone is 2. The summed E-state index contributed by atoms with van der Waals surface area (Å²) in [7, 11) is 3.26. The van der Waals surface area contributed by atoms with E-state index in [1.807, 2.05) is 12.1 Å². The van der Waals surface area contributed by atoms with Crippen LogP contribution in [0.5, 0.6) is 11.5 Å². The normalized spacial score (nSPS) is 12.6. The van der Waals surface area contributed by atoms with Crippen molar-refractivity contribution in [2.75, 3.05) is 32.8 Å². The highest BCUT2D eigenvalue weighted by molar-refractivity contribution is 9.09. The van der Waals surface area contributed by atoms with Crippen LogP contribution in [0.2, 0.25) is 0 Å². The molecular weight excluding hydrogens is 384 g/mol. The van der Waals surface area contributed by atoms with Crippen LogP contribution in [0.3, 0.4) is 0 Å². The van der Waals surface area contributed by atoms with E-state index in [0.717, 1.165) is 18.2 Å². The summed E-state index contributed by atoms with van der Waals surface area (Å²) in [6, 6.07) is 5.40. The van der Waals surface area contributed by atoms with E-state index in [0.29, 0.717) is 30.3 Å². The largest absolute Gasteiger partial charge is 0.493 e. The molecule has 0 saturated carbocycles. The van der Waals surface area contributed by atoms with Gasteiger partial charge < -0.3 is 14.2 Å². The summed E-state index contributed by atoms with van der Waals surface area (Å²) in [4.78, 5) is 12.9. The van der Waals surface area contributed by atoms with Gasteiger partial charge in [-0.25, -0.2) is 0 Å². The molecule has 1 rings (SSSR count). The maximum atomic E-state index is 12.9. The van der Waals surface area contributed by atoms with Gasteiger partial charge in [0.2, 0.25) is 0 Å². The molecule has 0 fully saturated rings. The smallest absolute Gasteiger partial charge is 0.166 e. The minimum atomic E-state index is -0.0509. The molecule has 0 spiro atoms. The summed E-state index contributed by atoms with van der Waals surface area (Å²) in [6.07, 6.45) is 5.60. The second-order valence-corrected chi connectivity index (χ2v) is 6.78. The van der Waals surface area contributed by atoms with Crippen molar-refractivity contribution in [1.82, 2.24) is 0 Å². The quantitative estimate of drug-likeness (QED) is 0.212. The number of hydrogen-bond donors (Lipinski definition) is 0. The Labute approximate surface area is 159 Å². The fourth-order valence-electron chi connectivity index (χ4n) is 2.53. The lowest BCUT2D eigenvalue weighted by Crippen LogP contribution is -2.20. The molecule has 0 heterocycles. The highest BCUT2D eigenvalue weighted by atomic mass is 79.9. The highest BCUT2D eigenvalue weighted by Crippen LogP contribution is 2.31. The van der Waals surface area contributed by atoms with Crippen LogP contribution >= 0.6 is 15.9 Å². The summed E-state index contributed by atoms with van der Waals surface area (Å²) in [5.74, 6) is 1.58. The third kappa shape index (κ3) is 7.20. The van der Waals surface area contributed by atoms with Gasteiger partial charge in [-0.05, 0) is 30.5 Å². The van der Waals surface area contributed by atoms with E-state index < -0.39 is 0 Å². The molecule has 25 heavy (non-hydrogen) atoms. The first-order valence-corrected chi connectivity index (χ1v) is 9.72. The van der Waals surface area contributed by atoms with Gasteiger partial charge in [0.1, 0.15) is 0 Å². The van der Waals surface area contributed by atoms with Crippen molar-refractivity contribution in [3.8, 4) is 11.5 Å². The number of carbonyl (C=O) groups excluding carboxylic acids is 1. The average Bonchev–Trinajstić information content (AvgIpc) is 2.61. The number of hydrogen-bond acceptors (Lipinski definition) is 4. The van der Waals surface area contributed by atoms with Crippen molar-refractivity contribution in [1.29, 1.82) is 0 Å².